The van der Waals surface area contributed by atoms with Crippen LogP contribution in [0.2, 0.25) is 0 Å². The molecule has 1 heterocycles. The number of fused-ring (bicyclic) bond motifs is 1. The van der Waals surface area contributed by atoms with Gasteiger partial charge in [-0.25, -0.2) is 4.79 Å². The lowest BCUT2D eigenvalue weighted by Crippen LogP contribution is -2.55. The van der Waals surface area contributed by atoms with Crippen LogP contribution < -0.4 is 0 Å². The molecule has 0 aromatic rings. The number of aliphatic hydroxyl groups is 1. The summed E-state index contributed by atoms with van der Waals surface area (Å²) in [5.41, 5.74) is -0.620. The quantitative estimate of drug-likeness (QED) is 0.489. The van der Waals surface area contributed by atoms with Crippen molar-refractivity contribution in [3.8, 4) is 0 Å². The lowest BCUT2D eigenvalue weighted by atomic mass is 9.71. The van der Waals surface area contributed by atoms with Crippen LogP contribution in [0.15, 0.2) is 0 Å². The van der Waals surface area contributed by atoms with E-state index in [9.17, 15) is 14.7 Å². The number of amides is 1. The van der Waals surface area contributed by atoms with E-state index < -0.39 is 17.5 Å². The number of carbonyl (C=O) groups is 2. The summed E-state index contributed by atoms with van der Waals surface area (Å²) in [7, 11) is 1.21. The van der Waals surface area contributed by atoms with Crippen LogP contribution in [-0.4, -0.2) is 47.7 Å². The second-order valence-corrected chi connectivity index (χ2v) is 5.04. The molecule has 1 saturated heterocycles. The SMILES string of the molecule is COC(=O)C(=O)N1CCC2(O)CCCCC2C1. The van der Waals surface area contributed by atoms with Crippen LogP contribution in [0, 0.1) is 5.92 Å². The molecule has 2 atom stereocenters. The van der Waals surface area contributed by atoms with Gasteiger partial charge >= 0.3 is 11.9 Å². The van der Waals surface area contributed by atoms with Gasteiger partial charge < -0.3 is 14.7 Å². The third-order valence-corrected chi connectivity index (χ3v) is 4.07. The predicted molar refractivity (Wildman–Crippen MR) is 60.1 cm³/mol. The summed E-state index contributed by atoms with van der Waals surface area (Å²) >= 11 is 0. The minimum absolute atomic E-state index is 0.110. The van der Waals surface area contributed by atoms with Gasteiger partial charge in [-0.3, -0.25) is 4.79 Å². The molecule has 1 aliphatic carbocycles. The summed E-state index contributed by atoms with van der Waals surface area (Å²) in [6.45, 7) is 0.922. The van der Waals surface area contributed by atoms with Gasteiger partial charge in [0, 0.05) is 19.0 Å². The van der Waals surface area contributed by atoms with Crippen LogP contribution >= 0.6 is 0 Å². The zero-order valence-corrected chi connectivity index (χ0v) is 10.1. The van der Waals surface area contributed by atoms with Crippen molar-refractivity contribution in [2.75, 3.05) is 20.2 Å². The summed E-state index contributed by atoms with van der Waals surface area (Å²) in [5, 5.41) is 10.4. The van der Waals surface area contributed by atoms with Gasteiger partial charge in [0.1, 0.15) is 0 Å². The maximum absolute atomic E-state index is 11.7. The summed E-state index contributed by atoms with van der Waals surface area (Å²) in [6.07, 6.45) is 4.46. The molecule has 5 heteroatoms. The molecule has 2 aliphatic rings. The van der Waals surface area contributed by atoms with E-state index in [0.29, 0.717) is 19.5 Å². The largest absolute Gasteiger partial charge is 0.462 e. The molecule has 1 saturated carbocycles. The van der Waals surface area contributed by atoms with Crippen molar-refractivity contribution in [3.63, 3.8) is 0 Å². The molecule has 5 nitrogen and oxygen atoms in total. The minimum atomic E-state index is -0.814. The number of carbonyl (C=O) groups excluding carboxylic acids is 2. The maximum Gasteiger partial charge on any atom is 0.396 e. The molecule has 0 aromatic carbocycles. The van der Waals surface area contributed by atoms with E-state index >= 15 is 0 Å². The van der Waals surface area contributed by atoms with Crippen LogP contribution in [0.4, 0.5) is 0 Å². The van der Waals surface area contributed by atoms with Crippen molar-refractivity contribution >= 4 is 11.9 Å². The fourth-order valence-electron chi connectivity index (χ4n) is 2.97. The van der Waals surface area contributed by atoms with Crippen LogP contribution in [-0.2, 0) is 14.3 Å². The third-order valence-electron chi connectivity index (χ3n) is 4.07. The normalized spacial score (nSPS) is 32.8. The van der Waals surface area contributed by atoms with Crippen LogP contribution in [0.3, 0.4) is 0 Å². The van der Waals surface area contributed by atoms with E-state index in [1.807, 2.05) is 0 Å². The molecule has 2 rings (SSSR count). The number of piperidine rings is 1. The highest BCUT2D eigenvalue weighted by molar-refractivity contribution is 6.32. The van der Waals surface area contributed by atoms with Crippen molar-refractivity contribution in [3.05, 3.63) is 0 Å². The average molecular weight is 241 g/mol. The van der Waals surface area contributed by atoms with Crippen LogP contribution in [0.25, 0.3) is 0 Å². The Labute approximate surface area is 101 Å². The molecule has 0 bridgehead atoms. The molecule has 0 spiro atoms. The first-order valence-corrected chi connectivity index (χ1v) is 6.16. The second kappa shape index (κ2) is 4.64. The topological polar surface area (TPSA) is 66.8 Å². The van der Waals surface area contributed by atoms with E-state index in [-0.39, 0.29) is 5.92 Å². The molecule has 1 amide bonds. The first kappa shape index (κ1) is 12.4. The molecule has 96 valence electrons. The van der Waals surface area contributed by atoms with Crippen molar-refractivity contribution in [2.24, 2.45) is 5.92 Å². The van der Waals surface area contributed by atoms with Gasteiger partial charge in [0.25, 0.3) is 0 Å². The Bertz CT molecular complexity index is 330. The van der Waals surface area contributed by atoms with Crippen molar-refractivity contribution in [1.29, 1.82) is 0 Å². The third kappa shape index (κ3) is 2.29. The number of esters is 1. The molecule has 1 N–H and O–H groups in total. The van der Waals surface area contributed by atoms with Crippen molar-refractivity contribution in [1.82, 2.24) is 4.90 Å². The lowest BCUT2D eigenvalue weighted by molar-refractivity contribution is -0.163. The zero-order valence-electron chi connectivity index (χ0n) is 10.1. The van der Waals surface area contributed by atoms with Crippen molar-refractivity contribution < 1.29 is 19.4 Å². The van der Waals surface area contributed by atoms with E-state index in [1.165, 1.54) is 12.0 Å². The fourth-order valence-corrected chi connectivity index (χ4v) is 2.97. The van der Waals surface area contributed by atoms with Gasteiger partial charge in [-0.1, -0.05) is 12.8 Å². The summed E-state index contributed by atoms with van der Waals surface area (Å²) in [4.78, 5) is 24.4. The lowest BCUT2D eigenvalue weighted by Gasteiger charge is -2.47. The number of methoxy groups -OCH3 is 1. The summed E-state index contributed by atoms with van der Waals surface area (Å²) in [6, 6.07) is 0. The summed E-state index contributed by atoms with van der Waals surface area (Å²) in [5.74, 6) is -1.29. The number of hydrogen-bond donors (Lipinski definition) is 1. The highest BCUT2D eigenvalue weighted by Gasteiger charge is 2.44. The fraction of sp³-hybridized carbons (Fsp3) is 0.833. The van der Waals surface area contributed by atoms with E-state index in [4.69, 9.17) is 0 Å². The Morgan fingerprint density at radius 2 is 2.12 bits per heavy atom. The van der Waals surface area contributed by atoms with E-state index in [1.54, 1.807) is 0 Å². The maximum atomic E-state index is 11.7. The Kier molecular flexibility index (Phi) is 3.38. The van der Waals surface area contributed by atoms with Gasteiger partial charge in [-0.05, 0) is 19.3 Å². The minimum Gasteiger partial charge on any atom is -0.462 e. The molecule has 0 radical (unpaired) electrons. The number of likely N-dealkylation sites (tertiary alicyclic amines) is 1. The molecule has 17 heavy (non-hydrogen) atoms. The Balaban J connectivity index is 2.02. The number of nitrogens with zero attached hydrogens (tertiary/aromatic N) is 1. The molecule has 0 aromatic heterocycles. The van der Waals surface area contributed by atoms with Gasteiger partial charge in [0.05, 0.1) is 12.7 Å². The van der Waals surface area contributed by atoms with Crippen LogP contribution in [0.1, 0.15) is 32.1 Å². The molecule has 1 aliphatic heterocycles. The van der Waals surface area contributed by atoms with E-state index in [0.717, 1.165) is 25.7 Å². The average Bonchev–Trinajstić information content (AvgIpc) is 2.35. The van der Waals surface area contributed by atoms with Gasteiger partial charge in [-0.2, -0.15) is 0 Å². The number of ether oxygens (including phenoxy) is 1. The number of hydrogen-bond acceptors (Lipinski definition) is 4. The molecule has 2 unspecified atom stereocenters. The molecular weight excluding hydrogens is 222 g/mol. The molecular formula is C12H19NO4. The highest BCUT2D eigenvalue weighted by Crippen LogP contribution is 2.39. The van der Waals surface area contributed by atoms with Gasteiger partial charge in [-0.15, -0.1) is 0 Å². The van der Waals surface area contributed by atoms with Gasteiger partial charge in [0.2, 0.25) is 0 Å². The van der Waals surface area contributed by atoms with E-state index in [2.05, 4.69) is 4.74 Å². The van der Waals surface area contributed by atoms with Crippen molar-refractivity contribution in [2.45, 2.75) is 37.7 Å². The first-order valence-electron chi connectivity index (χ1n) is 6.16. The Morgan fingerprint density at radius 1 is 1.35 bits per heavy atom. The zero-order chi connectivity index (χ0) is 12.5. The Morgan fingerprint density at radius 3 is 2.82 bits per heavy atom. The second-order valence-electron chi connectivity index (χ2n) is 5.04. The molecule has 2 fully saturated rings. The monoisotopic (exact) mass is 241 g/mol. The highest BCUT2D eigenvalue weighted by atomic mass is 16.5. The van der Waals surface area contributed by atoms with Crippen LogP contribution in [0.5, 0.6) is 0 Å². The summed E-state index contributed by atoms with van der Waals surface area (Å²) < 4.78 is 4.43. The standard InChI is InChI=1S/C12H19NO4/c1-17-11(15)10(14)13-7-6-12(16)5-3-2-4-9(12)8-13/h9,16H,2-8H2,1H3. The smallest absolute Gasteiger partial charge is 0.396 e. The Hall–Kier alpha value is -1.10. The number of rotatable bonds is 0. The first-order chi connectivity index (χ1) is 8.07. The predicted octanol–water partition coefficient (Wildman–Crippen LogP) is 0.313. The van der Waals surface area contributed by atoms with Gasteiger partial charge in [0.15, 0.2) is 0 Å².